The van der Waals surface area contributed by atoms with Gasteiger partial charge in [0.2, 0.25) is 0 Å². The number of rotatable bonds is 6. The van der Waals surface area contributed by atoms with Gasteiger partial charge in [0.1, 0.15) is 5.82 Å². The van der Waals surface area contributed by atoms with Crippen LogP contribution in [0.1, 0.15) is 19.4 Å². The molecule has 0 aliphatic heterocycles. The molecule has 0 radical (unpaired) electrons. The van der Waals surface area contributed by atoms with E-state index in [2.05, 4.69) is 22.1 Å². The normalized spacial score (nSPS) is 11.6. The van der Waals surface area contributed by atoms with Crippen LogP contribution in [0.3, 0.4) is 0 Å². The van der Waals surface area contributed by atoms with E-state index in [4.69, 9.17) is 28.2 Å². The minimum atomic E-state index is -0.759. The number of aromatic nitrogens is 1. The average molecular weight is 458 g/mol. The molecule has 6 N–H and O–H groups in total. The Bertz CT molecular complexity index is 1070. The van der Waals surface area contributed by atoms with E-state index < -0.39 is 17.8 Å². The zero-order valence-corrected chi connectivity index (χ0v) is 19.1. The summed E-state index contributed by atoms with van der Waals surface area (Å²) in [4.78, 5) is 19.4. The van der Waals surface area contributed by atoms with Crippen molar-refractivity contribution in [1.29, 1.82) is 10.8 Å². The average Bonchev–Trinajstić information content (AvgIpc) is 2.78. The first kappa shape index (κ1) is 25.1. The zero-order valence-electron chi connectivity index (χ0n) is 18.4. The highest BCUT2D eigenvalue weighted by atomic mass is 35.5. The van der Waals surface area contributed by atoms with Crippen LogP contribution in [0.2, 0.25) is 5.02 Å². The van der Waals surface area contributed by atoms with Gasteiger partial charge in [0.15, 0.2) is 11.7 Å². The Morgan fingerprint density at radius 3 is 2.69 bits per heavy atom. The molecule has 0 aliphatic rings. The number of aliphatic hydroxyl groups excluding tert-OH is 1. The van der Waals surface area contributed by atoms with Crippen molar-refractivity contribution >= 4 is 45.8 Å². The number of hydrogen-bond acceptors (Lipinski definition) is 7. The number of anilines is 1. The second-order valence-corrected chi connectivity index (χ2v) is 7.54. The van der Waals surface area contributed by atoms with Gasteiger partial charge in [0.25, 0.3) is 5.91 Å². The summed E-state index contributed by atoms with van der Waals surface area (Å²) in [6.45, 7) is 5.98. The van der Waals surface area contributed by atoms with Gasteiger partial charge in [-0.2, -0.15) is 0 Å². The molecule has 32 heavy (non-hydrogen) atoms. The molecule has 170 valence electrons. The predicted molar refractivity (Wildman–Crippen MR) is 128 cm³/mol. The van der Waals surface area contributed by atoms with Crippen LogP contribution in [0, 0.1) is 22.7 Å². The number of carbonyl (C=O) groups excluding carboxylic acids is 1. The van der Waals surface area contributed by atoms with E-state index in [0.29, 0.717) is 22.5 Å². The highest BCUT2D eigenvalue weighted by Gasteiger charge is 2.18. The first-order chi connectivity index (χ1) is 15.2. The van der Waals surface area contributed by atoms with Gasteiger partial charge < -0.3 is 26.0 Å². The van der Waals surface area contributed by atoms with Crippen molar-refractivity contribution in [3.63, 3.8) is 0 Å². The van der Waals surface area contributed by atoms with Gasteiger partial charge in [0, 0.05) is 42.1 Å². The number of amidine groups is 2. The van der Waals surface area contributed by atoms with Crippen LogP contribution in [0.15, 0.2) is 24.4 Å². The summed E-state index contributed by atoms with van der Waals surface area (Å²) in [5, 5.41) is 30.8. The Kier molecular flexibility index (Phi) is 8.96. The molecule has 0 spiro atoms. The van der Waals surface area contributed by atoms with Crippen molar-refractivity contribution in [3.05, 3.63) is 35.0 Å². The molecule has 1 aromatic heterocycles. The summed E-state index contributed by atoms with van der Waals surface area (Å²) in [5.41, 5.74) is 6.37. The molecule has 2 aromatic rings. The van der Waals surface area contributed by atoms with Gasteiger partial charge in [-0.05, 0) is 31.1 Å². The van der Waals surface area contributed by atoms with E-state index in [9.17, 15) is 9.90 Å². The van der Waals surface area contributed by atoms with Gasteiger partial charge >= 0.3 is 0 Å². The van der Waals surface area contributed by atoms with Crippen molar-refractivity contribution in [2.75, 3.05) is 39.0 Å². The fourth-order valence-corrected chi connectivity index (χ4v) is 3.11. The van der Waals surface area contributed by atoms with Crippen molar-refractivity contribution < 1.29 is 9.90 Å². The van der Waals surface area contributed by atoms with E-state index in [-0.39, 0.29) is 18.2 Å². The number of nitrogen functional groups attached to an aromatic ring is 1. The minimum absolute atomic E-state index is 0.00350. The summed E-state index contributed by atoms with van der Waals surface area (Å²) >= 11 is 6.08. The van der Waals surface area contributed by atoms with Crippen molar-refractivity contribution in [3.8, 4) is 11.8 Å². The van der Waals surface area contributed by atoms with E-state index in [0.717, 1.165) is 23.4 Å². The molecule has 1 heterocycles. The Balaban J connectivity index is 2.06. The molecular weight excluding hydrogens is 430 g/mol. The lowest BCUT2D eigenvalue weighted by molar-refractivity contribution is -0.115. The van der Waals surface area contributed by atoms with Crippen molar-refractivity contribution in [2.45, 2.75) is 20.0 Å². The number of likely N-dealkylation sites (N-methyl/N-ethyl adjacent to an activating group) is 2. The van der Waals surface area contributed by atoms with E-state index in [1.165, 1.54) is 7.05 Å². The molecule has 0 aliphatic carbocycles. The molecule has 2 rings (SSSR count). The quantitative estimate of drug-likeness (QED) is 0.253. The number of carbonyl (C=O) groups is 1. The second-order valence-electron chi connectivity index (χ2n) is 7.11. The number of nitrogens with zero attached hydrogens (tertiary/aromatic N) is 3. The third-order valence-corrected chi connectivity index (χ3v) is 5.17. The molecule has 0 bridgehead atoms. The highest BCUT2D eigenvalue weighted by Crippen LogP contribution is 2.24. The van der Waals surface area contributed by atoms with Crippen LogP contribution >= 0.6 is 11.6 Å². The minimum Gasteiger partial charge on any atom is -0.390 e. The zero-order chi connectivity index (χ0) is 23.8. The number of amides is 1. The molecule has 1 atom stereocenters. The lowest BCUT2D eigenvalue weighted by atomic mass is 10.1. The summed E-state index contributed by atoms with van der Waals surface area (Å²) in [5.74, 6) is 4.16. The largest absolute Gasteiger partial charge is 0.390 e. The molecule has 10 heteroatoms. The molecule has 1 amide bonds. The number of nitrogens with two attached hydrogens (primary N) is 1. The summed E-state index contributed by atoms with van der Waals surface area (Å²) < 4.78 is 0. The summed E-state index contributed by atoms with van der Waals surface area (Å²) in [7, 11) is 1.40. The number of benzene rings is 1. The van der Waals surface area contributed by atoms with Crippen LogP contribution in [-0.4, -0.2) is 76.8 Å². The lowest BCUT2D eigenvalue weighted by Crippen LogP contribution is -2.46. The fraction of sp³-hybridized carbons (Fsp3) is 0.364. The monoisotopic (exact) mass is 457 g/mol. The third kappa shape index (κ3) is 6.40. The second kappa shape index (κ2) is 11.4. The summed E-state index contributed by atoms with van der Waals surface area (Å²) in [6.07, 6.45) is 0.850. The van der Waals surface area contributed by atoms with Crippen LogP contribution in [0.4, 0.5) is 5.82 Å². The highest BCUT2D eigenvalue weighted by molar-refractivity contribution is 6.39. The Morgan fingerprint density at radius 2 is 2.03 bits per heavy atom. The summed E-state index contributed by atoms with van der Waals surface area (Å²) in [6, 6.07) is 5.24. The van der Waals surface area contributed by atoms with E-state index >= 15 is 0 Å². The maximum Gasteiger partial charge on any atom is 0.286 e. The third-order valence-electron chi connectivity index (χ3n) is 4.94. The number of halogens is 1. The fourth-order valence-electron chi connectivity index (χ4n) is 2.94. The van der Waals surface area contributed by atoms with Gasteiger partial charge in [-0.25, -0.2) is 4.98 Å². The van der Waals surface area contributed by atoms with Crippen molar-refractivity contribution in [2.24, 2.45) is 0 Å². The number of hydrogen-bond donors (Lipinski definition) is 5. The standard InChI is InChI=1S/C22H28ClN7O2/c1-4-30(5-2)13-16(31)12-28-22(32)21(26)29(3)19(24)9-8-17-18-10-15(23)7-6-14(18)11-27-20(17)25/h6-7,10-11,16,24,26,31H,4-5,12-13H2,1-3H3,(H2,25,27)(H,28,32). The Morgan fingerprint density at radius 1 is 1.34 bits per heavy atom. The van der Waals surface area contributed by atoms with Gasteiger partial charge in [0.05, 0.1) is 11.7 Å². The first-order valence-corrected chi connectivity index (χ1v) is 10.5. The van der Waals surface area contributed by atoms with Gasteiger partial charge in [-0.15, -0.1) is 0 Å². The smallest absolute Gasteiger partial charge is 0.286 e. The van der Waals surface area contributed by atoms with E-state index in [1.54, 1.807) is 24.4 Å². The van der Waals surface area contributed by atoms with Crippen LogP contribution in [0.5, 0.6) is 0 Å². The van der Waals surface area contributed by atoms with Crippen LogP contribution in [-0.2, 0) is 4.79 Å². The number of nitrogens with one attached hydrogen (secondary N) is 3. The molecule has 1 aromatic carbocycles. The van der Waals surface area contributed by atoms with Gasteiger partial charge in [-0.3, -0.25) is 15.6 Å². The number of pyridine rings is 1. The Labute approximate surface area is 192 Å². The molecular formula is C22H28ClN7O2. The molecule has 0 saturated heterocycles. The number of aliphatic hydroxyl groups is 1. The maximum absolute atomic E-state index is 12.3. The molecule has 1 unspecified atom stereocenters. The molecule has 9 nitrogen and oxygen atoms in total. The topological polar surface area (TPSA) is 142 Å². The Hall–Kier alpha value is -3.19. The van der Waals surface area contributed by atoms with Crippen LogP contribution < -0.4 is 11.1 Å². The lowest BCUT2D eigenvalue weighted by Gasteiger charge is -2.22. The maximum atomic E-state index is 12.3. The molecule has 0 saturated carbocycles. The van der Waals surface area contributed by atoms with Crippen LogP contribution in [0.25, 0.3) is 10.8 Å². The first-order valence-electron chi connectivity index (χ1n) is 10.1. The SMILES string of the molecule is CCN(CC)CC(O)CNC(=O)C(=N)N(C)C(=N)C#Cc1c(N)ncc2ccc(Cl)cc12. The van der Waals surface area contributed by atoms with Crippen molar-refractivity contribution in [1.82, 2.24) is 20.1 Å². The van der Waals surface area contributed by atoms with E-state index in [1.807, 2.05) is 18.7 Å². The number of fused-ring (bicyclic) bond motifs is 1. The molecule has 0 fully saturated rings. The predicted octanol–water partition coefficient (Wildman–Crippen LogP) is 1.53. The van der Waals surface area contributed by atoms with Gasteiger partial charge in [-0.1, -0.05) is 37.4 Å².